The molecule has 98 valence electrons. The second-order valence-electron chi connectivity index (χ2n) is 4.41. The molecule has 0 bridgehead atoms. The third kappa shape index (κ3) is 2.98. The quantitative estimate of drug-likeness (QED) is 0.826. The van der Waals surface area contributed by atoms with Gasteiger partial charge in [-0.05, 0) is 31.9 Å². The number of hydrogen-bond acceptors (Lipinski definition) is 5. The van der Waals surface area contributed by atoms with Crippen molar-refractivity contribution in [2.45, 2.75) is 31.9 Å². The number of rotatable bonds is 4. The molecule has 5 nitrogen and oxygen atoms in total. The lowest BCUT2D eigenvalue weighted by Crippen LogP contribution is -2.30. The lowest BCUT2D eigenvalue weighted by Gasteiger charge is -2.21. The fraction of sp³-hybridized carbons (Fsp3) is 0.538. The van der Waals surface area contributed by atoms with Crippen molar-refractivity contribution in [1.29, 1.82) is 0 Å². The number of methoxy groups -OCH3 is 1. The van der Waals surface area contributed by atoms with Crippen LogP contribution in [-0.4, -0.2) is 36.8 Å². The first-order valence-corrected chi connectivity index (χ1v) is 6.13. The van der Waals surface area contributed by atoms with Gasteiger partial charge in [-0.15, -0.1) is 0 Å². The third-order valence-corrected chi connectivity index (χ3v) is 3.07. The second kappa shape index (κ2) is 5.82. The third-order valence-electron chi connectivity index (χ3n) is 3.07. The molecule has 1 N–H and O–H groups in total. The zero-order valence-corrected chi connectivity index (χ0v) is 10.7. The predicted octanol–water partition coefficient (Wildman–Crippen LogP) is 1.85. The summed E-state index contributed by atoms with van der Waals surface area (Å²) in [5.74, 6) is -0.427. The molecule has 1 saturated heterocycles. The Labute approximate surface area is 107 Å². The Morgan fingerprint density at radius 2 is 2.50 bits per heavy atom. The van der Waals surface area contributed by atoms with Crippen LogP contribution in [0.5, 0.6) is 0 Å². The molecule has 1 aliphatic rings. The summed E-state index contributed by atoms with van der Waals surface area (Å²) >= 11 is 0. The molecular weight excluding hydrogens is 232 g/mol. The highest BCUT2D eigenvalue weighted by molar-refractivity contribution is 5.88. The van der Waals surface area contributed by atoms with E-state index in [2.05, 4.69) is 22.0 Å². The number of nitrogens with one attached hydrogen (secondary N) is 1. The van der Waals surface area contributed by atoms with Gasteiger partial charge in [-0.1, -0.05) is 0 Å². The fourth-order valence-corrected chi connectivity index (χ4v) is 2.09. The van der Waals surface area contributed by atoms with Gasteiger partial charge in [-0.25, -0.2) is 9.78 Å². The van der Waals surface area contributed by atoms with Crippen LogP contribution in [0.2, 0.25) is 0 Å². The van der Waals surface area contributed by atoms with Gasteiger partial charge in [0.25, 0.3) is 0 Å². The number of anilines is 1. The normalized spacial score (nSPS) is 20.4. The van der Waals surface area contributed by atoms with Crippen LogP contribution in [-0.2, 0) is 9.47 Å². The summed E-state index contributed by atoms with van der Waals surface area (Å²) in [5.41, 5.74) is 1.16. The fourth-order valence-electron chi connectivity index (χ4n) is 2.09. The molecule has 0 amide bonds. The van der Waals surface area contributed by atoms with E-state index in [-0.39, 0.29) is 12.1 Å². The number of carbonyl (C=O) groups is 1. The van der Waals surface area contributed by atoms with Crippen molar-refractivity contribution in [3.05, 3.63) is 24.0 Å². The molecule has 1 aromatic rings. The van der Waals surface area contributed by atoms with Gasteiger partial charge in [0.05, 0.1) is 13.2 Å². The minimum absolute atomic E-state index is 0.209. The average Bonchev–Trinajstić information content (AvgIpc) is 2.92. The van der Waals surface area contributed by atoms with Crippen molar-refractivity contribution in [3.8, 4) is 0 Å². The van der Waals surface area contributed by atoms with E-state index in [9.17, 15) is 4.79 Å². The molecule has 1 aromatic heterocycles. The van der Waals surface area contributed by atoms with Crippen LogP contribution in [0.4, 0.5) is 5.69 Å². The minimum Gasteiger partial charge on any atom is -0.464 e. The summed E-state index contributed by atoms with van der Waals surface area (Å²) in [4.78, 5) is 15.3. The second-order valence-corrected chi connectivity index (χ2v) is 4.41. The van der Waals surface area contributed by atoms with Gasteiger partial charge in [0.2, 0.25) is 0 Å². The maximum atomic E-state index is 11.4. The molecule has 2 heterocycles. The molecule has 1 fully saturated rings. The summed E-state index contributed by atoms with van der Waals surface area (Å²) in [6.07, 6.45) is 4.01. The molecule has 0 radical (unpaired) electrons. The maximum Gasteiger partial charge on any atom is 0.356 e. The molecule has 0 saturated carbocycles. The van der Waals surface area contributed by atoms with E-state index in [0.29, 0.717) is 5.69 Å². The number of carbonyl (C=O) groups excluding carboxylic acids is 1. The minimum atomic E-state index is -0.427. The number of aromatic nitrogens is 1. The standard InChI is InChI=1S/C13H18N2O3/c1-9(12-4-3-7-18-12)15-10-5-6-14-11(8-10)13(16)17-2/h5-6,8-9,12H,3-4,7H2,1-2H3,(H,14,15). The van der Waals surface area contributed by atoms with E-state index in [0.717, 1.165) is 25.1 Å². The van der Waals surface area contributed by atoms with Gasteiger partial charge in [0, 0.05) is 24.5 Å². The van der Waals surface area contributed by atoms with Gasteiger partial charge in [0.1, 0.15) is 5.69 Å². The Balaban J connectivity index is 2.02. The zero-order chi connectivity index (χ0) is 13.0. The number of esters is 1. The summed E-state index contributed by atoms with van der Waals surface area (Å²) in [6, 6.07) is 3.73. The van der Waals surface area contributed by atoms with Crippen molar-refractivity contribution in [1.82, 2.24) is 4.98 Å². The van der Waals surface area contributed by atoms with Gasteiger partial charge in [0.15, 0.2) is 0 Å². The Morgan fingerprint density at radius 3 is 3.17 bits per heavy atom. The Morgan fingerprint density at radius 1 is 1.67 bits per heavy atom. The molecule has 0 aliphatic carbocycles. The zero-order valence-electron chi connectivity index (χ0n) is 10.7. The smallest absolute Gasteiger partial charge is 0.356 e. The van der Waals surface area contributed by atoms with Crippen molar-refractivity contribution in [2.75, 3.05) is 19.0 Å². The van der Waals surface area contributed by atoms with Crippen LogP contribution in [0.1, 0.15) is 30.3 Å². The highest BCUT2D eigenvalue weighted by Gasteiger charge is 2.22. The molecule has 2 unspecified atom stereocenters. The van der Waals surface area contributed by atoms with Crippen LogP contribution in [0.25, 0.3) is 0 Å². The van der Waals surface area contributed by atoms with E-state index in [1.54, 1.807) is 12.3 Å². The highest BCUT2D eigenvalue weighted by Crippen LogP contribution is 2.19. The number of hydrogen-bond donors (Lipinski definition) is 1. The van der Waals surface area contributed by atoms with E-state index in [1.165, 1.54) is 7.11 Å². The molecule has 5 heteroatoms. The van der Waals surface area contributed by atoms with E-state index >= 15 is 0 Å². The first kappa shape index (κ1) is 12.8. The predicted molar refractivity (Wildman–Crippen MR) is 67.6 cm³/mol. The summed E-state index contributed by atoms with van der Waals surface area (Å²) < 4.78 is 10.3. The maximum absolute atomic E-state index is 11.4. The molecule has 0 spiro atoms. The Bertz CT molecular complexity index is 416. The van der Waals surface area contributed by atoms with E-state index < -0.39 is 5.97 Å². The van der Waals surface area contributed by atoms with Crippen LogP contribution < -0.4 is 5.32 Å². The topological polar surface area (TPSA) is 60.5 Å². The van der Waals surface area contributed by atoms with Crippen LogP contribution >= 0.6 is 0 Å². The van der Waals surface area contributed by atoms with Crippen molar-refractivity contribution in [2.24, 2.45) is 0 Å². The van der Waals surface area contributed by atoms with Gasteiger partial charge < -0.3 is 14.8 Å². The molecule has 2 rings (SSSR count). The van der Waals surface area contributed by atoms with Crippen molar-refractivity contribution in [3.63, 3.8) is 0 Å². The van der Waals surface area contributed by atoms with Crippen molar-refractivity contribution >= 4 is 11.7 Å². The SMILES string of the molecule is COC(=O)c1cc(NC(C)C2CCCO2)ccn1. The van der Waals surface area contributed by atoms with Gasteiger partial charge >= 0.3 is 5.97 Å². The lowest BCUT2D eigenvalue weighted by molar-refractivity contribution is 0.0594. The van der Waals surface area contributed by atoms with Crippen LogP contribution in [0.3, 0.4) is 0 Å². The first-order valence-electron chi connectivity index (χ1n) is 6.13. The largest absolute Gasteiger partial charge is 0.464 e. The molecule has 18 heavy (non-hydrogen) atoms. The average molecular weight is 250 g/mol. The van der Waals surface area contributed by atoms with E-state index in [4.69, 9.17) is 4.74 Å². The molecular formula is C13H18N2O3. The van der Waals surface area contributed by atoms with Gasteiger partial charge in [-0.2, -0.15) is 0 Å². The highest BCUT2D eigenvalue weighted by atomic mass is 16.5. The Kier molecular flexibility index (Phi) is 4.15. The number of ether oxygens (including phenoxy) is 2. The van der Waals surface area contributed by atoms with Crippen LogP contribution in [0.15, 0.2) is 18.3 Å². The lowest BCUT2D eigenvalue weighted by atomic mass is 10.1. The summed E-state index contributed by atoms with van der Waals surface area (Å²) in [5, 5.41) is 3.33. The molecule has 0 aromatic carbocycles. The van der Waals surface area contributed by atoms with Gasteiger partial charge in [-0.3, -0.25) is 0 Å². The number of pyridine rings is 1. The van der Waals surface area contributed by atoms with Crippen LogP contribution in [0, 0.1) is 0 Å². The van der Waals surface area contributed by atoms with E-state index in [1.807, 2.05) is 6.07 Å². The molecule has 1 aliphatic heterocycles. The summed E-state index contributed by atoms with van der Waals surface area (Å²) in [6.45, 7) is 2.91. The van der Waals surface area contributed by atoms with Crippen molar-refractivity contribution < 1.29 is 14.3 Å². The summed E-state index contributed by atoms with van der Waals surface area (Å²) in [7, 11) is 1.35. The molecule has 2 atom stereocenters. The monoisotopic (exact) mass is 250 g/mol. The number of nitrogens with zero attached hydrogens (tertiary/aromatic N) is 1. The first-order chi connectivity index (χ1) is 8.70. The Hall–Kier alpha value is -1.62.